The molecule has 2 aromatic carbocycles. The highest BCUT2D eigenvalue weighted by atomic mass is 15.8. The fourth-order valence-corrected chi connectivity index (χ4v) is 2.79. The predicted octanol–water partition coefficient (Wildman–Crippen LogP) is 3.77. The third kappa shape index (κ3) is 2.03. The largest absolute Gasteiger partial charge is 0.264 e. The van der Waals surface area contributed by atoms with Crippen LogP contribution in [-0.2, 0) is 6.42 Å². The first kappa shape index (κ1) is 12.2. The molecule has 0 saturated carbocycles. The Morgan fingerprint density at radius 3 is 2.81 bits per heavy atom. The second kappa shape index (κ2) is 4.79. The van der Waals surface area contributed by atoms with Crippen molar-refractivity contribution in [3.8, 4) is 0 Å². The molecule has 0 aromatic heterocycles. The van der Waals surface area contributed by atoms with Crippen LogP contribution in [0.5, 0.6) is 0 Å². The van der Waals surface area contributed by atoms with E-state index in [0.717, 1.165) is 12.1 Å². The molecular formula is C18H17N3. The van der Waals surface area contributed by atoms with Crippen molar-refractivity contribution >= 4 is 17.5 Å². The van der Waals surface area contributed by atoms with E-state index < -0.39 is 0 Å². The molecule has 0 unspecified atom stereocenters. The highest BCUT2D eigenvalue weighted by molar-refractivity contribution is 5.80. The second-order valence-electron chi connectivity index (χ2n) is 5.28. The SMILES string of the molecule is CCc1cccc(N2C=C3c4ccccc4C=CN3N2)c1. The van der Waals surface area contributed by atoms with Gasteiger partial charge in [0, 0.05) is 18.0 Å². The zero-order chi connectivity index (χ0) is 14.2. The molecule has 0 radical (unpaired) electrons. The van der Waals surface area contributed by atoms with E-state index in [9.17, 15) is 0 Å². The van der Waals surface area contributed by atoms with Gasteiger partial charge in [0.25, 0.3) is 0 Å². The zero-order valence-corrected chi connectivity index (χ0v) is 12.0. The van der Waals surface area contributed by atoms with Gasteiger partial charge < -0.3 is 0 Å². The van der Waals surface area contributed by atoms with Gasteiger partial charge in [0.15, 0.2) is 0 Å². The minimum absolute atomic E-state index is 1.05. The van der Waals surface area contributed by atoms with Crippen LogP contribution < -0.4 is 10.5 Å². The third-order valence-electron chi connectivity index (χ3n) is 3.96. The highest BCUT2D eigenvalue weighted by Gasteiger charge is 2.25. The second-order valence-corrected chi connectivity index (χ2v) is 5.28. The van der Waals surface area contributed by atoms with Gasteiger partial charge in [-0.05, 0) is 35.8 Å². The van der Waals surface area contributed by atoms with Gasteiger partial charge in [0.05, 0.1) is 11.4 Å². The topological polar surface area (TPSA) is 18.5 Å². The van der Waals surface area contributed by atoms with E-state index in [1.54, 1.807) is 0 Å². The molecule has 2 aliphatic rings. The number of hydrogen-bond donors (Lipinski definition) is 1. The van der Waals surface area contributed by atoms with Gasteiger partial charge >= 0.3 is 0 Å². The Kier molecular flexibility index (Phi) is 2.79. The summed E-state index contributed by atoms with van der Waals surface area (Å²) < 4.78 is 0. The number of anilines is 1. The Balaban J connectivity index is 1.73. The number of hydrogen-bond acceptors (Lipinski definition) is 3. The third-order valence-corrected chi connectivity index (χ3v) is 3.96. The van der Waals surface area contributed by atoms with Gasteiger partial charge in [-0.3, -0.25) is 10.0 Å². The van der Waals surface area contributed by atoms with E-state index >= 15 is 0 Å². The Morgan fingerprint density at radius 1 is 1.00 bits per heavy atom. The molecule has 4 rings (SSSR count). The van der Waals surface area contributed by atoms with Crippen LogP contribution in [-0.4, -0.2) is 5.01 Å². The molecule has 2 heterocycles. The Morgan fingerprint density at radius 2 is 1.90 bits per heavy atom. The quantitative estimate of drug-likeness (QED) is 0.900. The maximum Gasteiger partial charge on any atom is 0.0845 e. The molecular weight excluding hydrogens is 258 g/mol. The molecule has 0 aliphatic carbocycles. The number of aryl methyl sites for hydroxylation is 1. The van der Waals surface area contributed by atoms with E-state index in [1.807, 2.05) is 0 Å². The summed E-state index contributed by atoms with van der Waals surface area (Å²) in [6, 6.07) is 17.1. The summed E-state index contributed by atoms with van der Waals surface area (Å²) in [6.07, 6.45) is 7.39. The molecule has 3 heteroatoms. The smallest absolute Gasteiger partial charge is 0.0845 e. The van der Waals surface area contributed by atoms with E-state index in [1.165, 1.54) is 22.4 Å². The fraction of sp³-hybridized carbons (Fsp3) is 0.111. The Labute approximate surface area is 124 Å². The number of nitrogens with one attached hydrogen (secondary N) is 1. The predicted molar refractivity (Wildman–Crippen MR) is 86.7 cm³/mol. The van der Waals surface area contributed by atoms with Gasteiger partial charge in [0.1, 0.15) is 0 Å². The van der Waals surface area contributed by atoms with Gasteiger partial charge in [-0.15, -0.1) is 5.53 Å². The Bertz CT molecular complexity index is 746. The van der Waals surface area contributed by atoms with Crippen molar-refractivity contribution in [1.82, 2.24) is 10.5 Å². The molecule has 0 fully saturated rings. The summed E-state index contributed by atoms with van der Waals surface area (Å²) >= 11 is 0. The first-order valence-electron chi connectivity index (χ1n) is 7.28. The van der Waals surface area contributed by atoms with Crippen LogP contribution in [0.25, 0.3) is 11.8 Å². The minimum atomic E-state index is 1.05. The van der Waals surface area contributed by atoms with Crippen LogP contribution >= 0.6 is 0 Å². The van der Waals surface area contributed by atoms with Crippen molar-refractivity contribution in [2.75, 3.05) is 5.01 Å². The van der Waals surface area contributed by atoms with Crippen LogP contribution in [0.3, 0.4) is 0 Å². The molecule has 1 N–H and O–H groups in total. The van der Waals surface area contributed by atoms with Gasteiger partial charge in [-0.25, -0.2) is 0 Å². The lowest BCUT2D eigenvalue weighted by atomic mass is 10.0. The minimum Gasteiger partial charge on any atom is -0.264 e. The molecule has 104 valence electrons. The van der Waals surface area contributed by atoms with Crippen LogP contribution in [0.1, 0.15) is 23.6 Å². The lowest BCUT2D eigenvalue weighted by Crippen LogP contribution is -2.37. The standard InChI is InChI=1S/C18H17N3/c1-2-14-6-5-8-16(12-14)21-13-18-17-9-4-3-7-15(17)10-11-20(18)19-21/h3-13,19H,2H2,1H3. The van der Waals surface area contributed by atoms with Crippen LogP contribution in [0.15, 0.2) is 60.9 Å². The van der Waals surface area contributed by atoms with E-state index in [2.05, 4.69) is 89.5 Å². The fourth-order valence-electron chi connectivity index (χ4n) is 2.79. The molecule has 0 amide bonds. The molecule has 0 bridgehead atoms. The molecule has 21 heavy (non-hydrogen) atoms. The zero-order valence-electron chi connectivity index (χ0n) is 12.0. The summed E-state index contributed by atoms with van der Waals surface area (Å²) in [5.74, 6) is 0. The van der Waals surface area contributed by atoms with Crippen molar-refractivity contribution in [2.45, 2.75) is 13.3 Å². The Hall–Kier alpha value is -2.52. The van der Waals surface area contributed by atoms with Gasteiger partial charge in [-0.2, -0.15) is 0 Å². The first-order chi connectivity index (χ1) is 10.3. The lowest BCUT2D eigenvalue weighted by molar-refractivity contribution is 0.416. The monoisotopic (exact) mass is 275 g/mol. The maximum atomic E-state index is 3.39. The first-order valence-corrected chi connectivity index (χ1v) is 7.28. The molecule has 3 nitrogen and oxygen atoms in total. The molecule has 2 aromatic rings. The van der Waals surface area contributed by atoms with Crippen LogP contribution in [0, 0.1) is 0 Å². The van der Waals surface area contributed by atoms with Crippen molar-refractivity contribution in [2.24, 2.45) is 0 Å². The van der Waals surface area contributed by atoms with Crippen LogP contribution in [0.4, 0.5) is 5.69 Å². The number of rotatable bonds is 2. The van der Waals surface area contributed by atoms with Crippen molar-refractivity contribution < 1.29 is 0 Å². The van der Waals surface area contributed by atoms with Crippen molar-refractivity contribution in [3.05, 3.63) is 77.6 Å². The van der Waals surface area contributed by atoms with Gasteiger partial charge in [-0.1, -0.05) is 43.3 Å². The molecule has 2 aliphatic heterocycles. The van der Waals surface area contributed by atoms with E-state index in [0.29, 0.717) is 0 Å². The summed E-state index contributed by atoms with van der Waals surface area (Å²) in [7, 11) is 0. The summed E-state index contributed by atoms with van der Waals surface area (Å²) in [6.45, 7) is 2.18. The average Bonchev–Trinajstić information content (AvgIpc) is 2.99. The van der Waals surface area contributed by atoms with Crippen molar-refractivity contribution in [1.29, 1.82) is 0 Å². The number of benzene rings is 2. The number of nitrogens with zero attached hydrogens (tertiary/aromatic N) is 2. The maximum absolute atomic E-state index is 3.39. The van der Waals surface area contributed by atoms with E-state index in [4.69, 9.17) is 0 Å². The molecule has 0 saturated heterocycles. The normalized spacial score (nSPS) is 15.8. The van der Waals surface area contributed by atoms with Crippen LogP contribution in [0.2, 0.25) is 0 Å². The lowest BCUT2D eigenvalue weighted by Gasteiger charge is -2.24. The highest BCUT2D eigenvalue weighted by Crippen LogP contribution is 2.32. The number of hydrazine groups is 2. The number of fused-ring (bicyclic) bond motifs is 3. The summed E-state index contributed by atoms with van der Waals surface area (Å²) in [4.78, 5) is 0. The summed E-state index contributed by atoms with van der Waals surface area (Å²) in [5, 5.41) is 4.13. The summed E-state index contributed by atoms with van der Waals surface area (Å²) in [5.41, 5.74) is 9.57. The van der Waals surface area contributed by atoms with Crippen molar-refractivity contribution in [3.63, 3.8) is 0 Å². The van der Waals surface area contributed by atoms with E-state index in [-0.39, 0.29) is 0 Å². The molecule has 0 atom stereocenters. The van der Waals surface area contributed by atoms with Gasteiger partial charge in [0.2, 0.25) is 0 Å². The average molecular weight is 275 g/mol. The molecule has 0 spiro atoms.